The van der Waals surface area contributed by atoms with Crippen molar-refractivity contribution >= 4 is 11.4 Å². The average molecular weight is 277 g/mol. The van der Waals surface area contributed by atoms with Crippen LogP contribution in [-0.4, -0.2) is 4.98 Å². The zero-order valence-electron chi connectivity index (χ0n) is 10.5. The fourth-order valence-electron chi connectivity index (χ4n) is 1.62. The van der Waals surface area contributed by atoms with Crippen LogP contribution in [0.2, 0.25) is 0 Å². The van der Waals surface area contributed by atoms with E-state index >= 15 is 0 Å². The van der Waals surface area contributed by atoms with Crippen molar-refractivity contribution in [3.63, 3.8) is 0 Å². The maximum Gasteiger partial charge on any atom is 0.416 e. The van der Waals surface area contributed by atoms with Crippen molar-refractivity contribution in [2.75, 3.05) is 5.32 Å². The number of benzene rings is 1. The Balaban J connectivity index is 2.30. The Morgan fingerprint density at radius 2 is 1.95 bits per heavy atom. The first-order valence-electron chi connectivity index (χ1n) is 5.71. The third-order valence-corrected chi connectivity index (χ3v) is 2.72. The highest BCUT2D eigenvalue weighted by atomic mass is 19.4. The lowest BCUT2D eigenvalue weighted by atomic mass is 10.1. The first kappa shape index (κ1) is 13.9. The number of alkyl halides is 3. The minimum Gasteiger partial charge on any atom is -0.354 e. The van der Waals surface area contributed by atoms with Gasteiger partial charge >= 0.3 is 6.18 Å². The molecule has 0 radical (unpaired) electrons. The summed E-state index contributed by atoms with van der Waals surface area (Å²) < 4.78 is 38.0. The Kier molecular flexibility index (Phi) is 3.61. The van der Waals surface area contributed by atoms with Crippen molar-refractivity contribution in [1.29, 1.82) is 5.26 Å². The van der Waals surface area contributed by atoms with Crippen LogP contribution in [0.1, 0.15) is 16.8 Å². The van der Waals surface area contributed by atoms with Crippen LogP contribution in [0, 0.1) is 18.3 Å². The number of nitrogens with zero attached hydrogens (tertiary/aromatic N) is 2. The molecule has 0 unspecified atom stereocenters. The number of halogens is 3. The van der Waals surface area contributed by atoms with Gasteiger partial charge in [-0.15, -0.1) is 0 Å². The van der Waals surface area contributed by atoms with Crippen molar-refractivity contribution in [2.24, 2.45) is 0 Å². The highest BCUT2D eigenvalue weighted by Crippen LogP contribution is 2.32. The highest BCUT2D eigenvalue weighted by Gasteiger charge is 2.30. The van der Waals surface area contributed by atoms with E-state index in [0.717, 1.165) is 12.1 Å². The second-order valence-corrected chi connectivity index (χ2v) is 4.20. The third-order valence-electron chi connectivity index (χ3n) is 2.72. The SMILES string of the molecule is Cc1ccc(C(F)(F)F)cc1Nc1ccc(C#N)nc1. The molecular weight excluding hydrogens is 267 g/mol. The summed E-state index contributed by atoms with van der Waals surface area (Å²) in [5, 5.41) is 11.5. The fraction of sp³-hybridized carbons (Fsp3) is 0.143. The number of pyridine rings is 1. The average Bonchev–Trinajstić information content (AvgIpc) is 2.41. The van der Waals surface area contributed by atoms with Crippen LogP contribution in [0.4, 0.5) is 24.5 Å². The number of hydrogen-bond acceptors (Lipinski definition) is 3. The second-order valence-electron chi connectivity index (χ2n) is 4.20. The number of nitriles is 1. The minimum absolute atomic E-state index is 0.247. The van der Waals surface area contributed by atoms with Crippen LogP contribution in [0.3, 0.4) is 0 Å². The number of aromatic nitrogens is 1. The standard InChI is InChI=1S/C14H10F3N3/c1-9-2-3-10(14(15,16)17)6-13(9)20-12-5-4-11(7-18)19-8-12/h2-6,8,20H,1H3. The van der Waals surface area contributed by atoms with Gasteiger partial charge in [0.1, 0.15) is 11.8 Å². The van der Waals surface area contributed by atoms with E-state index in [1.54, 1.807) is 13.0 Å². The van der Waals surface area contributed by atoms with Gasteiger partial charge in [-0.3, -0.25) is 0 Å². The Morgan fingerprint density at radius 3 is 2.50 bits per heavy atom. The van der Waals surface area contributed by atoms with Gasteiger partial charge in [0, 0.05) is 5.69 Å². The van der Waals surface area contributed by atoms with Crippen LogP contribution < -0.4 is 5.32 Å². The van der Waals surface area contributed by atoms with Gasteiger partial charge < -0.3 is 5.32 Å². The summed E-state index contributed by atoms with van der Waals surface area (Å²) in [6, 6.07) is 8.44. The molecule has 1 aromatic heterocycles. The lowest BCUT2D eigenvalue weighted by Crippen LogP contribution is -2.06. The van der Waals surface area contributed by atoms with Gasteiger partial charge in [0.2, 0.25) is 0 Å². The van der Waals surface area contributed by atoms with Crippen molar-refractivity contribution in [1.82, 2.24) is 4.98 Å². The third kappa shape index (κ3) is 3.06. The van der Waals surface area contributed by atoms with Crippen molar-refractivity contribution in [2.45, 2.75) is 13.1 Å². The zero-order chi connectivity index (χ0) is 14.8. The molecule has 0 saturated carbocycles. The number of aryl methyl sites for hydroxylation is 1. The number of anilines is 2. The van der Waals surface area contributed by atoms with Crippen molar-refractivity contribution in [3.05, 3.63) is 53.3 Å². The van der Waals surface area contributed by atoms with E-state index in [-0.39, 0.29) is 5.69 Å². The van der Waals surface area contributed by atoms with Crippen LogP contribution in [-0.2, 0) is 6.18 Å². The largest absolute Gasteiger partial charge is 0.416 e. The maximum atomic E-state index is 12.7. The quantitative estimate of drug-likeness (QED) is 0.901. The smallest absolute Gasteiger partial charge is 0.354 e. The van der Waals surface area contributed by atoms with Gasteiger partial charge in [0.25, 0.3) is 0 Å². The molecule has 6 heteroatoms. The molecule has 0 amide bonds. The molecule has 102 valence electrons. The predicted molar refractivity (Wildman–Crippen MR) is 68.4 cm³/mol. The number of hydrogen-bond donors (Lipinski definition) is 1. The monoisotopic (exact) mass is 277 g/mol. The van der Waals surface area contributed by atoms with Crippen LogP contribution in [0.25, 0.3) is 0 Å². The summed E-state index contributed by atoms with van der Waals surface area (Å²) in [4.78, 5) is 3.85. The van der Waals surface area contributed by atoms with Crippen LogP contribution >= 0.6 is 0 Å². The minimum atomic E-state index is -4.38. The summed E-state index contributed by atoms with van der Waals surface area (Å²) in [5.74, 6) is 0. The summed E-state index contributed by atoms with van der Waals surface area (Å²) in [6.45, 7) is 1.71. The van der Waals surface area contributed by atoms with Gasteiger partial charge in [-0.25, -0.2) is 4.98 Å². The molecule has 1 N–H and O–H groups in total. The van der Waals surface area contributed by atoms with E-state index in [1.807, 2.05) is 6.07 Å². The number of rotatable bonds is 2. The molecule has 1 heterocycles. The van der Waals surface area contributed by atoms with E-state index < -0.39 is 11.7 Å². The van der Waals surface area contributed by atoms with Gasteiger partial charge in [-0.2, -0.15) is 18.4 Å². The number of nitrogens with one attached hydrogen (secondary N) is 1. The molecule has 0 atom stereocenters. The van der Waals surface area contributed by atoms with Crippen LogP contribution in [0.5, 0.6) is 0 Å². The van der Waals surface area contributed by atoms with E-state index in [2.05, 4.69) is 10.3 Å². The Labute approximate surface area is 113 Å². The van der Waals surface area contributed by atoms with Gasteiger partial charge in [-0.05, 0) is 36.8 Å². The molecule has 1 aromatic carbocycles. The summed E-state index contributed by atoms with van der Waals surface area (Å²) in [7, 11) is 0. The summed E-state index contributed by atoms with van der Waals surface area (Å²) >= 11 is 0. The van der Waals surface area contributed by atoms with Crippen molar-refractivity contribution < 1.29 is 13.2 Å². The van der Waals surface area contributed by atoms with Gasteiger partial charge in [0.15, 0.2) is 0 Å². The van der Waals surface area contributed by atoms with E-state index in [0.29, 0.717) is 16.9 Å². The molecule has 2 rings (SSSR count). The second kappa shape index (κ2) is 5.21. The fourth-order valence-corrected chi connectivity index (χ4v) is 1.62. The van der Waals surface area contributed by atoms with E-state index in [4.69, 9.17) is 5.26 Å². The first-order chi connectivity index (χ1) is 9.40. The van der Waals surface area contributed by atoms with E-state index in [9.17, 15) is 13.2 Å². The maximum absolute atomic E-state index is 12.7. The molecule has 0 saturated heterocycles. The molecule has 3 nitrogen and oxygen atoms in total. The van der Waals surface area contributed by atoms with Gasteiger partial charge in [0.05, 0.1) is 17.4 Å². The van der Waals surface area contributed by atoms with Gasteiger partial charge in [-0.1, -0.05) is 6.07 Å². The lowest BCUT2D eigenvalue weighted by Gasteiger charge is -2.13. The van der Waals surface area contributed by atoms with Crippen LogP contribution in [0.15, 0.2) is 36.5 Å². The first-order valence-corrected chi connectivity index (χ1v) is 5.71. The molecule has 0 aliphatic heterocycles. The summed E-state index contributed by atoms with van der Waals surface area (Å²) in [5.41, 5.74) is 1.09. The Morgan fingerprint density at radius 1 is 1.20 bits per heavy atom. The molecular formula is C14H10F3N3. The molecule has 0 spiro atoms. The molecule has 0 aliphatic rings. The molecule has 2 aromatic rings. The highest BCUT2D eigenvalue weighted by molar-refractivity contribution is 5.63. The topological polar surface area (TPSA) is 48.7 Å². The Hall–Kier alpha value is -2.55. The van der Waals surface area contributed by atoms with E-state index in [1.165, 1.54) is 18.3 Å². The molecule has 0 fully saturated rings. The molecule has 0 bridgehead atoms. The lowest BCUT2D eigenvalue weighted by molar-refractivity contribution is -0.137. The molecule has 20 heavy (non-hydrogen) atoms. The predicted octanol–water partition coefficient (Wildman–Crippen LogP) is 4.02. The summed E-state index contributed by atoms with van der Waals surface area (Å²) in [6.07, 6.45) is -2.98. The Bertz CT molecular complexity index is 655. The van der Waals surface area contributed by atoms with Crippen molar-refractivity contribution in [3.8, 4) is 6.07 Å². The normalized spacial score (nSPS) is 10.9. The molecule has 0 aliphatic carbocycles. The zero-order valence-corrected chi connectivity index (χ0v) is 10.5.